The molecule has 0 aromatic rings. The first-order valence-corrected chi connectivity index (χ1v) is 5.29. The summed E-state index contributed by atoms with van der Waals surface area (Å²) in [7, 11) is 0. The molecule has 0 radical (unpaired) electrons. The van der Waals surface area contributed by atoms with Crippen molar-refractivity contribution < 1.29 is 5.11 Å². The first-order valence-electron chi connectivity index (χ1n) is 5.29. The Labute approximate surface area is 74.4 Å². The van der Waals surface area contributed by atoms with Crippen molar-refractivity contribution in [3.8, 4) is 0 Å². The first-order chi connectivity index (χ1) is 5.84. The Kier molecular flexibility index (Phi) is 2.66. The van der Waals surface area contributed by atoms with Crippen LogP contribution in [0.2, 0.25) is 0 Å². The predicted octanol–water partition coefficient (Wildman–Crippen LogP) is 1.43. The van der Waals surface area contributed by atoms with Gasteiger partial charge >= 0.3 is 0 Å². The molecule has 0 aromatic carbocycles. The monoisotopic (exact) mass is 169 g/mol. The molecule has 0 saturated heterocycles. The van der Waals surface area contributed by atoms with Crippen LogP contribution in [-0.2, 0) is 0 Å². The molecule has 0 heterocycles. The second kappa shape index (κ2) is 3.75. The van der Waals surface area contributed by atoms with Crippen LogP contribution in [0.25, 0.3) is 0 Å². The Bertz CT molecular complexity index is 145. The molecular formula is C10H19NO. The molecule has 0 aromatic heterocycles. The lowest BCUT2D eigenvalue weighted by atomic mass is 9.88. The number of aliphatic hydroxyl groups excluding tert-OH is 1. The van der Waals surface area contributed by atoms with Gasteiger partial charge in [0.2, 0.25) is 0 Å². The van der Waals surface area contributed by atoms with Crippen LogP contribution in [0.3, 0.4) is 0 Å². The molecule has 2 atom stereocenters. The third-order valence-electron chi connectivity index (χ3n) is 3.22. The van der Waals surface area contributed by atoms with Crippen LogP contribution in [0.4, 0.5) is 0 Å². The van der Waals surface area contributed by atoms with Gasteiger partial charge in [0, 0.05) is 12.1 Å². The normalized spacial score (nSPS) is 37.8. The van der Waals surface area contributed by atoms with Gasteiger partial charge in [-0.1, -0.05) is 6.42 Å². The molecular weight excluding hydrogens is 150 g/mol. The Morgan fingerprint density at radius 1 is 0.917 bits per heavy atom. The molecule has 2 nitrogen and oxygen atoms in total. The molecule has 0 amide bonds. The lowest BCUT2D eigenvalue weighted by Crippen LogP contribution is -2.45. The Balaban J connectivity index is 1.71. The number of nitrogens with one attached hydrogen (secondary N) is 1. The van der Waals surface area contributed by atoms with Crippen molar-refractivity contribution >= 4 is 0 Å². The van der Waals surface area contributed by atoms with E-state index >= 15 is 0 Å². The van der Waals surface area contributed by atoms with Gasteiger partial charge in [0.1, 0.15) is 0 Å². The van der Waals surface area contributed by atoms with Crippen molar-refractivity contribution in [3.63, 3.8) is 0 Å². The van der Waals surface area contributed by atoms with Gasteiger partial charge < -0.3 is 10.4 Å². The molecule has 70 valence electrons. The summed E-state index contributed by atoms with van der Waals surface area (Å²) in [6.07, 6.45) is 8.54. The van der Waals surface area contributed by atoms with E-state index in [2.05, 4.69) is 5.32 Å². The molecule has 2 aliphatic rings. The van der Waals surface area contributed by atoms with Gasteiger partial charge in [-0.05, 0) is 38.5 Å². The van der Waals surface area contributed by atoms with Crippen LogP contribution in [-0.4, -0.2) is 23.3 Å². The maximum absolute atomic E-state index is 9.44. The summed E-state index contributed by atoms with van der Waals surface area (Å²) in [5, 5.41) is 13.1. The van der Waals surface area contributed by atoms with Crippen molar-refractivity contribution in [1.29, 1.82) is 0 Å². The van der Waals surface area contributed by atoms with Crippen LogP contribution in [0.15, 0.2) is 0 Å². The second-order valence-electron chi connectivity index (χ2n) is 4.31. The highest BCUT2D eigenvalue weighted by atomic mass is 16.3. The number of hydrogen-bond donors (Lipinski definition) is 2. The van der Waals surface area contributed by atoms with E-state index in [1.165, 1.54) is 32.1 Å². The van der Waals surface area contributed by atoms with E-state index in [0.29, 0.717) is 6.04 Å². The van der Waals surface area contributed by atoms with E-state index in [4.69, 9.17) is 0 Å². The van der Waals surface area contributed by atoms with Gasteiger partial charge in [-0.2, -0.15) is 0 Å². The van der Waals surface area contributed by atoms with Crippen LogP contribution in [0, 0.1) is 0 Å². The summed E-state index contributed by atoms with van der Waals surface area (Å²) < 4.78 is 0. The van der Waals surface area contributed by atoms with E-state index in [1.807, 2.05) is 0 Å². The highest BCUT2D eigenvalue weighted by Crippen LogP contribution is 2.23. The summed E-state index contributed by atoms with van der Waals surface area (Å²) in [5.74, 6) is 0. The third-order valence-corrected chi connectivity index (χ3v) is 3.22. The third kappa shape index (κ3) is 1.99. The molecule has 2 fully saturated rings. The van der Waals surface area contributed by atoms with Crippen LogP contribution in [0.5, 0.6) is 0 Å². The van der Waals surface area contributed by atoms with Crippen LogP contribution >= 0.6 is 0 Å². The van der Waals surface area contributed by atoms with Gasteiger partial charge in [-0.3, -0.25) is 0 Å². The fraction of sp³-hybridized carbons (Fsp3) is 1.00. The summed E-state index contributed by atoms with van der Waals surface area (Å²) >= 11 is 0. The van der Waals surface area contributed by atoms with E-state index in [-0.39, 0.29) is 6.10 Å². The topological polar surface area (TPSA) is 32.3 Å². The molecule has 2 unspecified atom stereocenters. The van der Waals surface area contributed by atoms with Crippen molar-refractivity contribution in [1.82, 2.24) is 5.32 Å². The van der Waals surface area contributed by atoms with Gasteiger partial charge in [-0.15, -0.1) is 0 Å². The molecule has 0 aliphatic heterocycles. The Morgan fingerprint density at radius 2 is 1.58 bits per heavy atom. The van der Waals surface area contributed by atoms with E-state index in [9.17, 15) is 5.11 Å². The predicted molar refractivity (Wildman–Crippen MR) is 49.0 cm³/mol. The quantitative estimate of drug-likeness (QED) is 0.655. The SMILES string of the molecule is OC1CCCC(NC2CCC2)C1. The fourth-order valence-electron chi connectivity index (χ4n) is 2.22. The molecule has 2 rings (SSSR count). The Morgan fingerprint density at radius 3 is 2.17 bits per heavy atom. The second-order valence-corrected chi connectivity index (χ2v) is 4.31. The molecule has 2 aliphatic carbocycles. The smallest absolute Gasteiger partial charge is 0.0555 e. The molecule has 2 heteroatoms. The van der Waals surface area contributed by atoms with Crippen molar-refractivity contribution in [3.05, 3.63) is 0 Å². The van der Waals surface area contributed by atoms with Gasteiger partial charge in [0.15, 0.2) is 0 Å². The lowest BCUT2D eigenvalue weighted by Gasteiger charge is -2.34. The minimum atomic E-state index is -0.0312. The van der Waals surface area contributed by atoms with Crippen LogP contribution < -0.4 is 5.32 Å². The van der Waals surface area contributed by atoms with Crippen molar-refractivity contribution in [2.24, 2.45) is 0 Å². The summed E-state index contributed by atoms with van der Waals surface area (Å²) in [6.45, 7) is 0. The van der Waals surface area contributed by atoms with Crippen LogP contribution in [0.1, 0.15) is 44.9 Å². The molecule has 12 heavy (non-hydrogen) atoms. The van der Waals surface area contributed by atoms with Gasteiger partial charge in [-0.25, -0.2) is 0 Å². The zero-order valence-electron chi connectivity index (χ0n) is 7.63. The summed E-state index contributed by atoms with van der Waals surface area (Å²) in [5.41, 5.74) is 0. The first kappa shape index (κ1) is 8.52. The highest BCUT2D eigenvalue weighted by molar-refractivity contribution is 4.84. The lowest BCUT2D eigenvalue weighted by molar-refractivity contribution is 0.104. The van der Waals surface area contributed by atoms with Gasteiger partial charge in [0.25, 0.3) is 0 Å². The fourth-order valence-corrected chi connectivity index (χ4v) is 2.22. The number of aliphatic hydroxyl groups is 1. The van der Waals surface area contributed by atoms with Crippen molar-refractivity contribution in [2.75, 3.05) is 0 Å². The highest BCUT2D eigenvalue weighted by Gasteiger charge is 2.25. The number of hydrogen-bond acceptors (Lipinski definition) is 2. The number of rotatable bonds is 2. The zero-order chi connectivity index (χ0) is 8.39. The van der Waals surface area contributed by atoms with E-state index in [1.54, 1.807) is 0 Å². The average Bonchev–Trinajstić information content (AvgIpc) is 1.97. The van der Waals surface area contributed by atoms with Crippen molar-refractivity contribution in [2.45, 2.75) is 63.1 Å². The summed E-state index contributed by atoms with van der Waals surface area (Å²) in [6, 6.07) is 1.39. The standard InChI is InChI=1S/C10H19NO/c12-10-6-2-5-9(7-10)11-8-3-1-4-8/h8-12H,1-7H2. The average molecular weight is 169 g/mol. The minimum Gasteiger partial charge on any atom is -0.393 e. The molecule has 2 N–H and O–H groups in total. The zero-order valence-corrected chi connectivity index (χ0v) is 7.63. The minimum absolute atomic E-state index is 0.0312. The van der Waals surface area contributed by atoms with E-state index in [0.717, 1.165) is 18.9 Å². The van der Waals surface area contributed by atoms with Gasteiger partial charge in [0.05, 0.1) is 6.10 Å². The largest absolute Gasteiger partial charge is 0.393 e. The van der Waals surface area contributed by atoms with E-state index < -0.39 is 0 Å². The maximum Gasteiger partial charge on any atom is 0.0555 e. The Hall–Kier alpha value is -0.0800. The molecule has 0 bridgehead atoms. The molecule has 0 spiro atoms. The maximum atomic E-state index is 9.44. The molecule has 2 saturated carbocycles. The summed E-state index contributed by atoms with van der Waals surface area (Å²) in [4.78, 5) is 0.